The molecule has 1 fully saturated rings. The van der Waals surface area contributed by atoms with Crippen LogP contribution < -0.4 is 10.1 Å². The van der Waals surface area contributed by atoms with Gasteiger partial charge in [0.15, 0.2) is 0 Å². The molecule has 9 heteroatoms. The molecule has 1 aromatic carbocycles. The van der Waals surface area contributed by atoms with Crippen molar-refractivity contribution in [1.29, 1.82) is 0 Å². The highest BCUT2D eigenvalue weighted by Crippen LogP contribution is 2.21. The predicted molar refractivity (Wildman–Crippen MR) is 112 cm³/mol. The molecule has 1 N–H and O–H groups in total. The lowest BCUT2D eigenvalue weighted by molar-refractivity contribution is -0.140. The van der Waals surface area contributed by atoms with Crippen LogP contribution in [0.4, 0.5) is 0 Å². The molecule has 160 valence electrons. The molecule has 1 aliphatic rings. The number of nitrogens with zero attached hydrogens (tertiary/aromatic N) is 3. The number of carbonyl (C=O) groups is 2. The van der Waals surface area contributed by atoms with Crippen LogP contribution in [0.3, 0.4) is 0 Å². The van der Waals surface area contributed by atoms with E-state index in [9.17, 15) is 9.59 Å². The van der Waals surface area contributed by atoms with Crippen LogP contribution >= 0.6 is 0 Å². The van der Waals surface area contributed by atoms with Crippen LogP contribution in [0, 0.1) is 0 Å². The first-order chi connectivity index (χ1) is 15.2. The number of amides is 2. The number of hydrogen-bond acceptors (Lipinski definition) is 7. The number of carbonyl (C=O) groups excluding carboxylic acids is 2. The highest BCUT2D eigenvalue weighted by atomic mass is 16.5. The Morgan fingerprint density at radius 2 is 2.13 bits per heavy atom. The van der Waals surface area contributed by atoms with Crippen molar-refractivity contribution >= 4 is 28.8 Å². The molecule has 0 saturated carbocycles. The molecule has 2 amide bonds. The number of nitrogens with one attached hydrogen (secondary N) is 1. The number of para-hydroxylation sites is 1. The van der Waals surface area contributed by atoms with Gasteiger partial charge in [0.2, 0.25) is 17.7 Å². The van der Waals surface area contributed by atoms with Gasteiger partial charge >= 0.3 is 0 Å². The monoisotopic (exact) mass is 422 g/mol. The van der Waals surface area contributed by atoms with Crippen LogP contribution in [0.1, 0.15) is 5.76 Å². The summed E-state index contributed by atoms with van der Waals surface area (Å²) in [5, 5.41) is 3.41. The van der Waals surface area contributed by atoms with Gasteiger partial charge < -0.3 is 24.1 Å². The van der Waals surface area contributed by atoms with E-state index in [1.807, 2.05) is 24.3 Å². The van der Waals surface area contributed by atoms with Gasteiger partial charge in [-0.1, -0.05) is 12.1 Å². The van der Waals surface area contributed by atoms with Crippen molar-refractivity contribution in [1.82, 2.24) is 20.2 Å². The molecule has 1 saturated heterocycles. The van der Waals surface area contributed by atoms with E-state index < -0.39 is 0 Å². The second kappa shape index (κ2) is 9.86. The number of rotatable bonds is 7. The summed E-state index contributed by atoms with van der Waals surface area (Å²) in [7, 11) is 0. The highest BCUT2D eigenvalue weighted by Gasteiger charge is 2.25. The molecule has 0 spiro atoms. The molecule has 3 heterocycles. The summed E-state index contributed by atoms with van der Waals surface area (Å²) in [6, 6.07) is 11.0. The number of aromatic nitrogens is 2. The molecule has 31 heavy (non-hydrogen) atoms. The second-order valence-corrected chi connectivity index (χ2v) is 6.91. The summed E-state index contributed by atoms with van der Waals surface area (Å²) in [5.41, 5.74) is 0.797. The third-order valence-electron chi connectivity index (χ3n) is 4.76. The van der Waals surface area contributed by atoms with Crippen molar-refractivity contribution in [2.45, 2.75) is 6.10 Å². The van der Waals surface area contributed by atoms with Crippen LogP contribution in [0.2, 0.25) is 0 Å². The lowest BCUT2D eigenvalue weighted by Crippen LogP contribution is -2.50. The summed E-state index contributed by atoms with van der Waals surface area (Å²) in [4.78, 5) is 34.4. The summed E-state index contributed by atoms with van der Waals surface area (Å²) >= 11 is 0. The third-order valence-corrected chi connectivity index (χ3v) is 4.76. The fraction of sp³-hybridized carbons (Fsp3) is 0.273. The van der Waals surface area contributed by atoms with Crippen molar-refractivity contribution in [2.75, 3.05) is 32.8 Å². The van der Waals surface area contributed by atoms with Gasteiger partial charge in [0.1, 0.15) is 24.8 Å². The van der Waals surface area contributed by atoms with Crippen molar-refractivity contribution in [3.05, 3.63) is 60.8 Å². The van der Waals surface area contributed by atoms with E-state index in [0.29, 0.717) is 31.3 Å². The van der Waals surface area contributed by atoms with Gasteiger partial charge in [-0.2, -0.15) is 0 Å². The molecule has 1 aliphatic heterocycles. The number of morpholine rings is 1. The Bertz CT molecular complexity index is 1060. The van der Waals surface area contributed by atoms with Gasteiger partial charge in [0.05, 0.1) is 36.9 Å². The van der Waals surface area contributed by atoms with E-state index >= 15 is 0 Å². The molecule has 4 rings (SSSR count). The van der Waals surface area contributed by atoms with Crippen LogP contribution in [0.25, 0.3) is 17.0 Å². The van der Waals surface area contributed by atoms with E-state index in [0.717, 1.165) is 10.9 Å². The molecule has 3 aromatic rings. The summed E-state index contributed by atoms with van der Waals surface area (Å²) in [6.07, 6.45) is 5.55. The predicted octanol–water partition coefficient (Wildman–Crippen LogP) is 1.66. The standard InChI is InChI=1S/C22H22N4O5/c27-20(8-7-16-4-3-10-29-16)23-12-21(28)26-9-11-30-17(13-26)14-31-22-18-5-1-2-6-19(18)24-15-25-22/h1-8,10,15,17H,9,11-14H2,(H,23,27)/b8-7-. The largest absolute Gasteiger partial charge is 0.474 e. The smallest absolute Gasteiger partial charge is 0.244 e. The molecule has 2 aromatic heterocycles. The first kappa shape index (κ1) is 20.5. The number of furan rings is 1. The Hall–Kier alpha value is -3.72. The SMILES string of the molecule is O=C(/C=C\c1ccco1)NCC(=O)N1CCOC(COc2ncnc3ccccc23)C1. The normalized spacial score (nSPS) is 16.5. The Morgan fingerprint density at radius 3 is 3.00 bits per heavy atom. The maximum absolute atomic E-state index is 12.5. The van der Waals surface area contributed by atoms with Gasteiger partial charge in [-0.25, -0.2) is 9.97 Å². The Labute approximate surface area is 178 Å². The Kier molecular flexibility index (Phi) is 6.53. The van der Waals surface area contributed by atoms with Gasteiger partial charge in [-0.15, -0.1) is 0 Å². The van der Waals surface area contributed by atoms with Crippen LogP contribution in [-0.2, 0) is 14.3 Å². The topological polar surface area (TPSA) is 107 Å². The Morgan fingerprint density at radius 1 is 1.23 bits per heavy atom. The average Bonchev–Trinajstić information content (AvgIpc) is 3.34. The number of benzene rings is 1. The number of hydrogen-bond donors (Lipinski definition) is 1. The van der Waals surface area contributed by atoms with Gasteiger partial charge in [-0.3, -0.25) is 9.59 Å². The van der Waals surface area contributed by atoms with Crippen molar-refractivity contribution in [2.24, 2.45) is 0 Å². The zero-order valence-electron chi connectivity index (χ0n) is 16.8. The maximum Gasteiger partial charge on any atom is 0.244 e. The molecule has 1 atom stereocenters. The fourth-order valence-corrected chi connectivity index (χ4v) is 3.19. The summed E-state index contributed by atoms with van der Waals surface area (Å²) < 4.78 is 16.7. The van der Waals surface area contributed by atoms with E-state index in [1.165, 1.54) is 18.7 Å². The van der Waals surface area contributed by atoms with Gasteiger partial charge in [0.25, 0.3) is 0 Å². The van der Waals surface area contributed by atoms with E-state index in [2.05, 4.69) is 15.3 Å². The Balaban J connectivity index is 1.26. The van der Waals surface area contributed by atoms with Crippen molar-refractivity contribution in [3.63, 3.8) is 0 Å². The molecular formula is C22H22N4O5. The molecular weight excluding hydrogens is 400 g/mol. The lowest BCUT2D eigenvalue weighted by Gasteiger charge is -2.32. The van der Waals surface area contributed by atoms with Crippen molar-refractivity contribution in [3.8, 4) is 5.88 Å². The minimum absolute atomic E-state index is 0.0918. The zero-order valence-corrected chi connectivity index (χ0v) is 16.8. The maximum atomic E-state index is 12.5. The zero-order chi connectivity index (χ0) is 21.5. The molecule has 0 radical (unpaired) electrons. The molecule has 0 aliphatic carbocycles. The van der Waals surface area contributed by atoms with Crippen molar-refractivity contribution < 1.29 is 23.5 Å². The molecule has 9 nitrogen and oxygen atoms in total. The minimum atomic E-state index is -0.367. The summed E-state index contributed by atoms with van der Waals surface area (Å²) in [6.45, 7) is 1.40. The third kappa shape index (κ3) is 5.46. The highest BCUT2D eigenvalue weighted by molar-refractivity contribution is 5.94. The minimum Gasteiger partial charge on any atom is -0.474 e. The quantitative estimate of drug-likeness (QED) is 0.577. The van der Waals surface area contributed by atoms with E-state index in [-0.39, 0.29) is 31.1 Å². The number of ether oxygens (including phenoxy) is 2. The van der Waals surface area contributed by atoms with E-state index in [1.54, 1.807) is 23.1 Å². The number of fused-ring (bicyclic) bond motifs is 1. The molecule has 0 bridgehead atoms. The van der Waals surface area contributed by atoms with E-state index in [4.69, 9.17) is 13.9 Å². The first-order valence-electron chi connectivity index (χ1n) is 9.90. The first-order valence-corrected chi connectivity index (χ1v) is 9.90. The van der Waals surface area contributed by atoms with Gasteiger partial charge in [0, 0.05) is 12.6 Å². The summed E-state index contributed by atoms with van der Waals surface area (Å²) in [5.74, 6) is 0.497. The lowest BCUT2D eigenvalue weighted by atomic mass is 10.2. The van der Waals surface area contributed by atoms with Gasteiger partial charge in [-0.05, 0) is 30.3 Å². The van der Waals surface area contributed by atoms with Crippen LogP contribution in [-0.4, -0.2) is 65.6 Å². The van der Waals surface area contributed by atoms with Crippen LogP contribution in [0.15, 0.2) is 59.5 Å². The fourth-order valence-electron chi connectivity index (χ4n) is 3.19. The average molecular weight is 422 g/mol. The molecule has 1 unspecified atom stereocenters. The second-order valence-electron chi connectivity index (χ2n) is 6.91. The van der Waals surface area contributed by atoms with Crippen LogP contribution in [0.5, 0.6) is 5.88 Å².